The summed E-state index contributed by atoms with van der Waals surface area (Å²) in [6.45, 7) is -1.56. The molecule has 2 aromatic carbocycles. The molecule has 0 heterocycles. The van der Waals surface area contributed by atoms with Crippen LogP contribution in [0.2, 0.25) is 0 Å². The minimum absolute atomic E-state index is 0.0804. The Kier molecular flexibility index (Phi) is 6.42. The highest BCUT2D eigenvalue weighted by Gasteiger charge is 2.15. The number of para-hydroxylation sites is 1. The van der Waals surface area contributed by atoms with Gasteiger partial charge >= 0.3 is 12.6 Å². The van der Waals surface area contributed by atoms with Crippen LogP contribution in [0.4, 0.5) is 14.5 Å². The summed E-state index contributed by atoms with van der Waals surface area (Å²) in [5, 5.41) is 10.8. The number of carbonyl (C=O) groups excluding carboxylic acids is 1. The standard InChI is InChI=1S/C18H15F2NO6/c1-11-10-13(7-8-14(11)21(23)24)26-16(22)9-6-12-4-3-5-15(25-2)17(12)27-18(19)20/h3-10,18H,1-2H3. The fourth-order valence-electron chi connectivity index (χ4n) is 2.24. The number of hydrogen-bond donors (Lipinski definition) is 0. The molecule has 0 spiro atoms. The average Bonchev–Trinajstić information content (AvgIpc) is 2.60. The van der Waals surface area contributed by atoms with E-state index in [1.807, 2.05) is 0 Å². The van der Waals surface area contributed by atoms with Crippen LogP contribution in [0.1, 0.15) is 11.1 Å². The Morgan fingerprint density at radius 1 is 1.26 bits per heavy atom. The summed E-state index contributed by atoms with van der Waals surface area (Å²) in [6, 6.07) is 8.29. The van der Waals surface area contributed by atoms with Crippen molar-refractivity contribution in [3.8, 4) is 17.2 Å². The van der Waals surface area contributed by atoms with Gasteiger partial charge in [-0.05, 0) is 31.2 Å². The molecule has 0 saturated carbocycles. The average molecular weight is 379 g/mol. The zero-order chi connectivity index (χ0) is 20.0. The van der Waals surface area contributed by atoms with Gasteiger partial charge in [0.25, 0.3) is 5.69 Å². The Hall–Kier alpha value is -3.49. The summed E-state index contributed by atoms with van der Waals surface area (Å²) in [5.41, 5.74) is 0.414. The van der Waals surface area contributed by atoms with Crippen LogP contribution in [0, 0.1) is 17.0 Å². The van der Waals surface area contributed by atoms with Crippen molar-refractivity contribution in [1.82, 2.24) is 0 Å². The summed E-state index contributed by atoms with van der Waals surface area (Å²) >= 11 is 0. The molecule has 0 aliphatic carbocycles. The molecular weight excluding hydrogens is 364 g/mol. The van der Waals surface area contributed by atoms with Gasteiger partial charge in [-0.15, -0.1) is 0 Å². The lowest BCUT2D eigenvalue weighted by molar-refractivity contribution is -0.385. The number of aryl methyl sites for hydroxylation is 1. The fraction of sp³-hybridized carbons (Fsp3) is 0.167. The van der Waals surface area contributed by atoms with E-state index in [0.717, 1.165) is 6.08 Å². The Labute approximate surface area is 152 Å². The first kappa shape index (κ1) is 19.8. The lowest BCUT2D eigenvalue weighted by atomic mass is 10.1. The third kappa shape index (κ3) is 5.24. The molecular formula is C18H15F2NO6. The van der Waals surface area contributed by atoms with Crippen molar-refractivity contribution in [2.75, 3.05) is 7.11 Å². The summed E-state index contributed by atoms with van der Waals surface area (Å²) < 4.78 is 39.7. The van der Waals surface area contributed by atoms with Crippen molar-refractivity contribution in [2.24, 2.45) is 0 Å². The second kappa shape index (κ2) is 8.75. The number of hydrogen-bond acceptors (Lipinski definition) is 6. The van der Waals surface area contributed by atoms with Gasteiger partial charge in [-0.2, -0.15) is 8.78 Å². The molecule has 0 unspecified atom stereocenters. The van der Waals surface area contributed by atoms with E-state index in [-0.39, 0.29) is 28.5 Å². The normalized spacial score (nSPS) is 10.9. The van der Waals surface area contributed by atoms with Crippen LogP contribution in [-0.2, 0) is 4.79 Å². The number of esters is 1. The van der Waals surface area contributed by atoms with Crippen LogP contribution in [0.5, 0.6) is 17.2 Å². The van der Waals surface area contributed by atoms with Crippen molar-refractivity contribution in [3.63, 3.8) is 0 Å². The molecule has 27 heavy (non-hydrogen) atoms. The van der Waals surface area contributed by atoms with Gasteiger partial charge in [-0.25, -0.2) is 4.79 Å². The second-order valence-corrected chi connectivity index (χ2v) is 5.22. The predicted octanol–water partition coefficient (Wildman–Crippen LogP) is 4.13. The number of methoxy groups -OCH3 is 1. The van der Waals surface area contributed by atoms with E-state index in [0.29, 0.717) is 5.56 Å². The van der Waals surface area contributed by atoms with E-state index in [1.54, 1.807) is 6.07 Å². The number of halogens is 2. The van der Waals surface area contributed by atoms with Gasteiger partial charge < -0.3 is 14.2 Å². The number of carbonyl (C=O) groups is 1. The highest BCUT2D eigenvalue weighted by molar-refractivity contribution is 5.89. The lowest BCUT2D eigenvalue weighted by Crippen LogP contribution is -2.06. The van der Waals surface area contributed by atoms with Crippen LogP contribution in [0.15, 0.2) is 42.5 Å². The molecule has 0 atom stereocenters. The van der Waals surface area contributed by atoms with Crippen molar-refractivity contribution in [1.29, 1.82) is 0 Å². The van der Waals surface area contributed by atoms with Gasteiger partial charge in [0.1, 0.15) is 5.75 Å². The summed E-state index contributed by atoms with van der Waals surface area (Å²) in [7, 11) is 1.30. The van der Waals surface area contributed by atoms with E-state index in [2.05, 4.69) is 4.74 Å². The third-order valence-corrected chi connectivity index (χ3v) is 3.42. The molecule has 2 rings (SSSR count). The first-order valence-corrected chi connectivity index (χ1v) is 7.58. The summed E-state index contributed by atoms with van der Waals surface area (Å²) in [5.74, 6) is -0.821. The maximum absolute atomic E-state index is 12.6. The monoisotopic (exact) mass is 379 g/mol. The molecule has 0 fully saturated rings. The predicted molar refractivity (Wildman–Crippen MR) is 92.1 cm³/mol. The Morgan fingerprint density at radius 3 is 2.59 bits per heavy atom. The number of benzene rings is 2. The number of rotatable bonds is 7. The van der Waals surface area contributed by atoms with Crippen LogP contribution in [0.3, 0.4) is 0 Å². The van der Waals surface area contributed by atoms with E-state index >= 15 is 0 Å². The van der Waals surface area contributed by atoms with Crippen molar-refractivity contribution >= 4 is 17.7 Å². The molecule has 0 radical (unpaired) electrons. The zero-order valence-corrected chi connectivity index (χ0v) is 14.3. The number of nitro benzene ring substituents is 1. The largest absolute Gasteiger partial charge is 0.493 e. The van der Waals surface area contributed by atoms with E-state index in [9.17, 15) is 23.7 Å². The minimum Gasteiger partial charge on any atom is -0.493 e. The number of nitro groups is 1. The maximum Gasteiger partial charge on any atom is 0.387 e. The summed E-state index contributed by atoms with van der Waals surface area (Å²) in [4.78, 5) is 22.2. The molecule has 142 valence electrons. The van der Waals surface area contributed by atoms with Crippen molar-refractivity contribution in [3.05, 3.63) is 63.7 Å². The van der Waals surface area contributed by atoms with E-state index in [1.165, 1.54) is 50.4 Å². The Morgan fingerprint density at radius 2 is 2.00 bits per heavy atom. The first-order chi connectivity index (χ1) is 12.8. The van der Waals surface area contributed by atoms with Gasteiger partial charge in [-0.1, -0.05) is 12.1 Å². The number of alkyl halides is 2. The highest BCUT2D eigenvalue weighted by Crippen LogP contribution is 2.33. The van der Waals surface area contributed by atoms with Gasteiger partial charge in [0.05, 0.1) is 12.0 Å². The molecule has 9 heteroatoms. The molecule has 0 amide bonds. The van der Waals surface area contributed by atoms with Gasteiger partial charge in [-0.3, -0.25) is 10.1 Å². The van der Waals surface area contributed by atoms with Crippen molar-refractivity contribution < 1.29 is 32.7 Å². The van der Waals surface area contributed by atoms with Crippen LogP contribution in [-0.4, -0.2) is 24.6 Å². The number of nitrogens with zero attached hydrogens (tertiary/aromatic N) is 1. The smallest absolute Gasteiger partial charge is 0.387 e. The molecule has 7 nitrogen and oxygen atoms in total. The van der Waals surface area contributed by atoms with Crippen LogP contribution < -0.4 is 14.2 Å². The molecule has 0 aliphatic rings. The number of ether oxygens (including phenoxy) is 3. The fourth-order valence-corrected chi connectivity index (χ4v) is 2.24. The Bertz CT molecular complexity index is 882. The summed E-state index contributed by atoms with van der Waals surface area (Å²) in [6.07, 6.45) is 2.25. The molecule has 0 saturated heterocycles. The lowest BCUT2D eigenvalue weighted by Gasteiger charge is -2.12. The molecule has 0 bridgehead atoms. The van der Waals surface area contributed by atoms with Gasteiger partial charge in [0, 0.05) is 23.3 Å². The van der Waals surface area contributed by atoms with Gasteiger partial charge in [0.15, 0.2) is 11.5 Å². The molecule has 0 aliphatic heterocycles. The SMILES string of the molecule is COc1cccc(C=CC(=O)Oc2ccc([N+](=O)[O-])c(C)c2)c1OC(F)F. The quantitative estimate of drug-likeness (QED) is 0.236. The topological polar surface area (TPSA) is 87.9 Å². The molecule has 0 N–H and O–H groups in total. The minimum atomic E-state index is -3.07. The van der Waals surface area contributed by atoms with E-state index in [4.69, 9.17) is 9.47 Å². The maximum atomic E-state index is 12.6. The Balaban J connectivity index is 2.17. The van der Waals surface area contributed by atoms with E-state index < -0.39 is 17.5 Å². The second-order valence-electron chi connectivity index (χ2n) is 5.22. The third-order valence-electron chi connectivity index (χ3n) is 3.42. The van der Waals surface area contributed by atoms with Gasteiger partial charge in [0.2, 0.25) is 0 Å². The highest BCUT2D eigenvalue weighted by atomic mass is 19.3. The van der Waals surface area contributed by atoms with Crippen LogP contribution in [0.25, 0.3) is 6.08 Å². The first-order valence-electron chi connectivity index (χ1n) is 7.58. The van der Waals surface area contributed by atoms with Crippen LogP contribution >= 0.6 is 0 Å². The molecule has 2 aromatic rings. The zero-order valence-electron chi connectivity index (χ0n) is 14.3. The molecule has 0 aromatic heterocycles. The van der Waals surface area contributed by atoms with Crippen molar-refractivity contribution in [2.45, 2.75) is 13.5 Å².